The second-order valence-electron chi connectivity index (χ2n) is 5.62. The van der Waals surface area contributed by atoms with Gasteiger partial charge in [-0.05, 0) is 17.0 Å². The van der Waals surface area contributed by atoms with Crippen LogP contribution in [0.5, 0.6) is 0 Å². The van der Waals surface area contributed by atoms with Crippen molar-refractivity contribution in [1.29, 1.82) is 0 Å². The van der Waals surface area contributed by atoms with Crippen molar-refractivity contribution < 1.29 is 9.00 Å². The molecule has 0 aliphatic carbocycles. The molecule has 1 saturated heterocycles. The van der Waals surface area contributed by atoms with Crippen LogP contribution in [0.1, 0.15) is 44.0 Å². The Morgan fingerprint density at radius 2 is 2.00 bits per heavy atom. The van der Waals surface area contributed by atoms with Gasteiger partial charge in [0.1, 0.15) is 6.17 Å². The molecule has 1 aliphatic heterocycles. The average Bonchev–Trinajstić information content (AvgIpc) is 2.85. The Morgan fingerprint density at radius 1 is 1.33 bits per heavy atom. The maximum atomic E-state index is 12.0. The minimum absolute atomic E-state index is 0.0843. The molecule has 0 spiro atoms. The van der Waals surface area contributed by atoms with Crippen molar-refractivity contribution in [3.05, 3.63) is 35.4 Å². The summed E-state index contributed by atoms with van der Waals surface area (Å²) in [7, 11) is -0.841. The molecule has 1 aromatic rings. The van der Waals surface area contributed by atoms with Crippen LogP contribution >= 0.6 is 0 Å². The number of carbonyl (C=O) groups excluding carboxylic acids is 1. The Balaban J connectivity index is 2.09. The van der Waals surface area contributed by atoms with Gasteiger partial charge in [0.05, 0.1) is 6.54 Å². The molecule has 1 N–H and O–H groups in total. The number of benzene rings is 1. The van der Waals surface area contributed by atoms with E-state index in [-0.39, 0.29) is 12.1 Å². The Kier molecular flexibility index (Phi) is 5.53. The van der Waals surface area contributed by atoms with Crippen molar-refractivity contribution in [2.75, 3.05) is 24.6 Å². The monoisotopic (exact) mass is 308 g/mol. The summed E-state index contributed by atoms with van der Waals surface area (Å²) in [5.74, 6) is 1.77. The fourth-order valence-electron chi connectivity index (χ4n) is 2.50. The van der Waals surface area contributed by atoms with Gasteiger partial charge in [0, 0.05) is 28.9 Å². The molecule has 1 amide bonds. The van der Waals surface area contributed by atoms with E-state index >= 15 is 0 Å². The molecule has 0 aromatic heterocycles. The molecule has 1 aromatic carbocycles. The smallest absolute Gasteiger partial charge is 0.238 e. The van der Waals surface area contributed by atoms with E-state index in [9.17, 15) is 9.00 Å². The fourth-order valence-corrected chi connectivity index (χ4v) is 3.19. The lowest BCUT2D eigenvalue weighted by atomic mass is 10.0. The Morgan fingerprint density at radius 3 is 2.57 bits per heavy atom. The quantitative estimate of drug-likeness (QED) is 0.874. The van der Waals surface area contributed by atoms with Crippen LogP contribution in [-0.4, -0.2) is 39.6 Å². The molecule has 21 heavy (non-hydrogen) atoms. The van der Waals surface area contributed by atoms with E-state index in [1.165, 1.54) is 5.56 Å². The molecule has 1 fully saturated rings. The molecule has 0 saturated carbocycles. The van der Waals surface area contributed by atoms with Gasteiger partial charge < -0.3 is 4.90 Å². The Bertz CT molecular complexity index is 514. The number of nitrogens with one attached hydrogen (secondary N) is 1. The van der Waals surface area contributed by atoms with Crippen LogP contribution in [0.25, 0.3) is 0 Å². The van der Waals surface area contributed by atoms with E-state index in [2.05, 4.69) is 43.4 Å². The van der Waals surface area contributed by atoms with Gasteiger partial charge in [-0.2, -0.15) is 0 Å². The molecule has 2 rings (SSSR count). The van der Waals surface area contributed by atoms with Crippen molar-refractivity contribution in [3.8, 4) is 0 Å². The summed E-state index contributed by atoms with van der Waals surface area (Å²) in [6, 6.07) is 8.39. The van der Waals surface area contributed by atoms with Crippen molar-refractivity contribution in [2.24, 2.45) is 0 Å². The first-order valence-electron chi connectivity index (χ1n) is 7.50. The maximum Gasteiger partial charge on any atom is 0.238 e. The van der Waals surface area contributed by atoms with E-state index < -0.39 is 10.8 Å². The number of carbonyl (C=O) groups is 1. The van der Waals surface area contributed by atoms with Crippen molar-refractivity contribution in [1.82, 2.24) is 10.2 Å². The topological polar surface area (TPSA) is 49.4 Å². The molecule has 0 radical (unpaired) electrons. The minimum atomic E-state index is -0.841. The van der Waals surface area contributed by atoms with Crippen LogP contribution in [0.4, 0.5) is 0 Å². The normalized spacial score (nSPS) is 20.3. The minimum Gasteiger partial charge on any atom is -0.321 e. The first-order valence-corrected chi connectivity index (χ1v) is 8.99. The third-order valence-corrected chi connectivity index (χ3v) is 5.16. The first-order chi connectivity index (χ1) is 10.0. The molecule has 1 heterocycles. The molecule has 2 unspecified atom stereocenters. The largest absolute Gasteiger partial charge is 0.321 e. The van der Waals surface area contributed by atoms with Gasteiger partial charge in [0.2, 0.25) is 5.91 Å². The zero-order valence-corrected chi connectivity index (χ0v) is 13.8. The van der Waals surface area contributed by atoms with Crippen LogP contribution in [-0.2, 0) is 15.6 Å². The molecule has 0 bridgehead atoms. The Labute approximate surface area is 129 Å². The summed E-state index contributed by atoms with van der Waals surface area (Å²) >= 11 is 0. The summed E-state index contributed by atoms with van der Waals surface area (Å²) in [5.41, 5.74) is 2.38. The van der Waals surface area contributed by atoms with Gasteiger partial charge in [0.15, 0.2) is 0 Å². The lowest BCUT2D eigenvalue weighted by Gasteiger charge is -2.24. The second kappa shape index (κ2) is 7.18. The zero-order chi connectivity index (χ0) is 15.4. The summed E-state index contributed by atoms with van der Waals surface area (Å²) < 4.78 is 11.6. The van der Waals surface area contributed by atoms with Gasteiger partial charge in [-0.25, -0.2) is 0 Å². The molecule has 5 heteroatoms. The number of hydrogen-bond donors (Lipinski definition) is 1. The number of nitrogens with zero attached hydrogens (tertiary/aromatic N) is 1. The van der Waals surface area contributed by atoms with Crippen molar-refractivity contribution in [2.45, 2.75) is 32.9 Å². The summed E-state index contributed by atoms with van der Waals surface area (Å²) in [6.45, 7) is 7.14. The highest BCUT2D eigenvalue weighted by molar-refractivity contribution is 7.84. The van der Waals surface area contributed by atoms with Gasteiger partial charge in [-0.1, -0.05) is 45.0 Å². The summed E-state index contributed by atoms with van der Waals surface area (Å²) in [5, 5.41) is 3.24. The van der Waals surface area contributed by atoms with Crippen LogP contribution in [0, 0.1) is 0 Å². The van der Waals surface area contributed by atoms with Crippen molar-refractivity contribution >= 4 is 16.7 Å². The van der Waals surface area contributed by atoms with Crippen LogP contribution in [0.3, 0.4) is 0 Å². The second-order valence-corrected chi connectivity index (χ2v) is 7.49. The standard InChI is InChI=1S/C16H24N2O2S/c1-4-21(20)10-9-18-15(19)11-17-16(18)14-7-5-13(6-8-14)12(2)3/h5-8,12,16-17H,4,9-11H2,1-3H3. The maximum absolute atomic E-state index is 12.0. The highest BCUT2D eigenvalue weighted by atomic mass is 32.2. The SMILES string of the molecule is CCS(=O)CCN1C(=O)CNC1c1ccc(C(C)C)cc1. The van der Waals surface area contributed by atoms with Gasteiger partial charge in [-0.3, -0.25) is 14.3 Å². The van der Waals surface area contributed by atoms with Crippen molar-refractivity contribution in [3.63, 3.8) is 0 Å². The van der Waals surface area contributed by atoms with E-state index in [1.54, 1.807) is 4.90 Å². The summed E-state index contributed by atoms with van der Waals surface area (Å²) in [6.07, 6.45) is -0.0902. The van der Waals surface area contributed by atoms with E-state index in [1.807, 2.05) is 6.92 Å². The van der Waals surface area contributed by atoms with E-state index in [4.69, 9.17) is 0 Å². The average molecular weight is 308 g/mol. The number of amides is 1. The van der Waals surface area contributed by atoms with Crippen LogP contribution in [0.2, 0.25) is 0 Å². The van der Waals surface area contributed by atoms with Gasteiger partial charge in [0.25, 0.3) is 0 Å². The molecular formula is C16H24N2O2S. The molecule has 2 atom stereocenters. The highest BCUT2D eigenvalue weighted by Crippen LogP contribution is 2.24. The molecule has 116 valence electrons. The predicted octanol–water partition coefficient (Wildman–Crippen LogP) is 2.01. The van der Waals surface area contributed by atoms with Crippen LogP contribution in [0.15, 0.2) is 24.3 Å². The number of hydrogen-bond acceptors (Lipinski definition) is 3. The third kappa shape index (κ3) is 3.92. The number of rotatable bonds is 6. The highest BCUT2D eigenvalue weighted by Gasteiger charge is 2.31. The third-order valence-electron chi connectivity index (χ3n) is 3.88. The molecular weight excluding hydrogens is 284 g/mol. The lowest BCUT2D eigenvalue weighted by Crippen LogP contribution is -2.33. The fraction of sp³-hybridized carbons (Fsp3) is 0.562. The van der Waals surface area contributed by atoms with Gasteiger partial charge >= 0.3 is 0 Å². The summed E-state index contributed by atoms with van der Waals surface area (Å²) in [4.78, 5) is 13.8. The lowest BCUT2D eigenvalue weighted by molar-refractivity contribution is -0.127. The molecule has 4 nitrogen and oxygen atoms in total. The zero-order valence-electron chi connectivity index (χ0n) is 13.0. The van der Waals surface area contributed by atoms with E-state index in [0.29, 0.717) is 30.5 Å². The van der Waals surface area contributed by atoms with Gasteiger partial charge in [-0.15, -0.1) is 0 Å². The van der Waals surface area contributed by atoms with Crippen LogP contribution < -0.4 is 5.32 Å². The Hall–Kier alpha value is -1.20. The van der Waals surface area contributed by atoms with E-state index in [0.717, 1.165) is 5.56 Å². The molecule has 1 aliphatic rings. The first kappa shape index (κ1) is 16.2. The predicted molar refractivity (Wildman–Crippen MR) is 86.5 cm³/mol.